The predicted octanol–water partition coefficient (Wildman–Crippen LogP) is 4.66. The number of hydrogen-bond donors (Lipinski definition) is 0. The van der Waals surface area contributed by atoms with Crippen molar-refractivity contribution in [3.8, 4) is 5.75 Å². The summed E-state index contributed by atoms with van der Waals surface area (Å²) in [7, 11) is 0. The number of fused-ring (bicyclic) bond motifs is 1. The Morgan fingerprint density at radius 1 is 0.962 bits per heavy atom. The highest BCUT2D eigenvalue weighted by Gasteiger charge is 2.23. The van der Waals surface area contributed by atoms with Crippen molar-refractivity contribution < 1.29 is 4.74 Å². The summed E-state index contributed by atoms with van der Waals surface area (Å²) in [6.07, 6.45) is 3.94. The third kappa shape index (κ3) is 3.61. The van der Waals surface area contributed by atoms with Gasteiger partial charge in [0.25, 0.3) is 0 Å². The minimum absolute atomic E-state index is 0.333. The maximum absolute atomic E-state index is 5.95. The molecule has 0 bridgehead atoms. The van der Waals surface area contributed by atoms with Crippen molar-refractivity contribution in [2.45, 2.75) is 38.8 Å². The van der Waals surface area contributed by atoms with Gasteiger partial charge in [-0.2, -0.15) is 0 Å². The topological polar surface area (TPSA) is 30.3 Å². The van der Waals surface area contributed by atoms with E-state index in [-0.39, 0.29) is 0 Å². The van der Waals surface area contributed by atoms with Crippen molar-refractivity contribution in [2.75, 3.05) is 19.7 Å². The SMILES string of the molecule is C[C@@H](c1nc2ccccc2n1CCOc1ccccc1)N1CCCCC1. The number of piperidine rings is 1. The molecule has 1 fully saturated rings. The monoisotopic (exact) mass is 349 g/mol. The van der Waals surface area contributed by atoms with E-state index in [2.05, 4.69) is 40.7 Å². The lowest BCUT2D eigenvalue weighted by Crippen LogP contribution is -2.34. The molecule has 1 aromatic heterocycles. The Labute approximate surface area is 155 Å². The van der Waals surface area contributed by atoms with Crippen LogP contribution in [0, 0.1) is 0 Å². The van der Waals surface area contributed by atoms with E-state index in [1.165, 1.54) is 37.9 Å². The van der Waals surface area contributed by atoms with Gasteiger partial charge in [0.1, 0.15) is 18.2 Å². The summed E-state index contributed by atoms with van der Waals surface area (Å²) in [5.74, 6) is 2.08. The fourth-order valence-corrected chi connectivity index (χ4v) is 3.89. The van der Waals surface area contributed by atoms with Crippen LogP contribution in [0.5, 0.6) is 5.75 Å². The summed E-state index contributed by atoms with van der Waals surface area (Å²) < 4.78 is 8.29. The van der Waals surface area contributed by atoms with Gasteiger partial charge in [0.05, 0.1) is 23.6 Å². The molecule has 0 spiro atoms. The zero-order chi connectivity index (χ0) is 17.8. The molecule has 1 atom stereocenters. The number of aromatic nitrogens is 2. The van der Waals surface area contributed by atoms with Crippen molar-refractivity contribution in [2.24, 2.45) is 0 Å². The molecule has 0 aliphatic carbocycles. The van der Waals surface area contributed by atoms with Crippen LogP contribution in [0.15, 0.2) is 54.6 Å². The van der Waals surface area contributed by atoms with Gasteiger partial charge in [0.15, 0.2) is 0 Å². The second-order valence-electron chi connectivity index (χ2n) is 7.04. The van der Waals surface area contributed by atoms with Crippen molar-refractivity contribution >= 4 is 11.0 Å². The first kappa shape index (κ1) is 17.1. The molecule has 0 N–H and O–H groups in total. The van der Waals surface area contributed by atoms with Crippen LogP contribution < -0.4 is 4.74 Å². The summed E-state index contributed by atoms with van der Waals surface area (Å²) in [5, 5.41) is 0. The van der Waals surface area contributed by atoms with Crippen molar-refractivity contribution in [3.63, 3.8) is 0 Å². The van der Waals surface area contributed by atoms with Crippen LogP contribution in [-0.2, 0) is 6.54 Å². The first-order valence-electron chi connectivity index (χ1n) is 9.70. The molecule has 0 radical (unpaired) electrons. The Morgan fingerprint density at radius 2 is 1.69 bits per heavy atom. The number of para-hydroxylation sites is 3. The summed E-state index contributed by atoms with van der Waals surface area (Å²) in [5.41, 5.74) is 2.27. The smallest absolute Gasteiger partial charge is 0.127 e. The molecule has 4 heteroatoms. The van der Waals surface area contributed by atoms with Gasteiger partial charge in [0.2, 0.25) is 0 Å². The molecule has 0 saturated carbocycles. The summed E-state index contributed by atoms with van der Waals surface area (Å²) in [6, 6.07) is 18.8. The lowest BCUT2D eigenvalue weighted by atomic mass is 10.1. The largest absolute Gasteiger partial charge is 0.492 e. The molecule has 4 nitrogen and oxygen atoms in total. The second kappa shape index (κ2) is 7.92. The molecule has 1 aliphatic rings. The van der Waals surface area contributed by atoms with Gasteiger partial charge in [-0.25, -0.2) is 4.98 Å². The van der Waals surface area contributed by atoms with Gasteiger partial charge in [-0.1, -0.05) is 36.8 Å². The van der Waals surface area contributed by atoms with Crippen molar-refractivity contribution in [1.29, 1.82) is 0 Å². The highest BCUT2D eigenvalue weighted by Crippen LogP contribution is 2.27. The molecule has 2 heterocycles. The van der Waals surface area contributed by atoms with E-state index in [0.29, 0.717) is 12.6 Å². The first-order chi connectivity index (χ1) is 12.8. The van der Waals surface area contributed by atoms with Crippen molar-refractivity contribution in [3.05, 3.63) is 60.4 Å². The van der Waals surface area contributed by atoms with Crippen LogP contribution in [0.1, 0.15) is 38.1 Å². The van der Waals surface area contributed by atoms with E-state index < -0.39 is 0 Å². The molecule has 2 aromatic carbocycles. The second-order valence-corrected chi connectivity index (χ2v) is 7.04. The Balaban J connectivity index is 1.57. The minimum atomic E-state index is 0.333. The third-order valence-electron chi connectivity index (χ3n) is 5.32. The quantitative estimate of drug-likeness (QED) is 0.648. The van der Waals surface area contributed by atoms with Gasteiger partial charge >= 0.3 is 0 Å². The average Bonchev–Trinajstić information content (AvgIpc) is 3.08. The predicted molar refractivity (Wildman–Crippen MR) is 106 cm³/mol. The maximum Gasteiger partial charge on any atom is 0.127 e. The highest BCUT2D eigenvalue weighted by molar-refractivity contribution is 5.76. The summed E-state index contributed by atoms with van der Waals surface area (Å²) in [6.45, 7) is 6.09. The normalized spacial score (nSPS) is 16.7. The molecule has 1 aliphatic heterocycles. The fourth-order valence-electron chi connectivity index (χ4n) is 3.89. The number of ether oxygens (including phenoxy) is 1. The number of rotatable bonds is 6. The van der Waals surface area contributed by atoms with Crippen LogP contribution in [0.2, 0.25) is 0 Å². The Hall–Kier alpha value is -2.33. The molecule has 3 aromatic rings. The zero-order valence-electron chi connectivity index (χ0n) is 15.5. The van der Waals surface area contributed by atoms with Crippen molar-refractivity contribution in [1.82, 2.24) is 14.5 Å². The number of imidazole rings is 1. The van der Waals surface area contributed by atoms with Gasteiger partial charge < -0.3 is 9.30 Å². The van der Waals surface area contributed by atoms with E-state index in [1.54, 1.807) is 0 Å². The van der Waals surface area contributed by atoms with E-state index in [9.17, 15) is 0 Å². The van der Waals surface area contributed by atoms with E-state index in [4.69, 9.17) is 9.72 Å². The van der Waals surface area contributed by atoms with E-state index in [0.717, 1.165) is 23.6 Å². The fraction of sp³-hybridized carbons (Fsp3) is 0.409. The van der Waals surface area contributed by atoms with Gasteiger partial charge in [0, 0.05) is 0 Å². The molecule has 26 heavy (non-hydrogen) atoms. The standard InChI is InChI=1S/C22H27N3O/c1-18(24-14-8-3-9-15-24)22-23-20-12-6-7-13-21(20)25(22)16-17-26-19-10-4-2-5-11-19/h2,4-7,10-13,18H,3,8-9,14-17H2,1H3/t18-/m0/s1. The van der Waals surface area contributed by atoms with E-state index in [1.807, 2.05) is 30.3 Å². The minimum Gasteiger partial charge on any atom is -0.492 e. The molecule has 0 amide bonds. The van der Waals surface area contributed by atoms with Crippen LogP contribution in [0.3, 0.4) is 0 Å². The Bertz CT molecular complexity index is 837. The first-order valence-corrected chi connectivity index (χ1v) is 9.70. The van der Waals surface area contributed by atoms with Crippen LogP contribution in [0.25, 0.3) is 11.0 Å². The highest BCUT2D eigenvalue weighted by atomic mass is 16.5. The lowest BCUT2D eigenvalue weighted by Gasteiger charge is -2.32. The number of benzene rings is 2. The third-order valence-corrected chi connectivity index (χ3v) is 5.32. The summed E-state index contributed by atoms with van der Waals surface area (Å²) >= 11 is 0. The van der Waals surface area contributed by atoms with E-state index >= 15 is 0 Å². The lowest BCUT2D eigenvalue weighted by molar-refractivity contribution is 0.165. The molecule has 1 saturated heterocycles. The van der Waals surface area contributed by atoms with Crippen LogP contribution in [-0.4, -0.2) is 34.1 Å². The van der Waals surface area contributed by atoms with Crippen LogP contribution in [0.4, 0.5) is 0 Å². The van der Waals surface area contributed by atoms with Gasteiger partial charge in [-0.05, 0) is 57.1 Å². The molecule has 4 rings (SSSR count). The zero-order valence-corrected chi connectivity index (χ0v) is 15.5. The molecular formula is C22H27N3O. The molecular weight excluding hydrogens is 322 g/mol. The van der Waals surface area contributed by atoms with Crippen LogP contribution >= 0.6 is 0 Å². The number of likely N-dealkylation sites (tertiary alicyclic amines) is 1. The Morgan fingerprint density at radius 3 is 2.50 bits per heavy atom. The molecule has 0 unspecified atom stereocenters. The average molecular weight is 349 g/mol. The molecule has 136 valence electrons. The number of nitrogens with zero attached hydrogens (tertiary/aromatic N) is 3. The maximum atomic E-state index is 5.95. The van der Waals surface area contributed by atoms with Gasteiger partial charge in [-0.3, -0.25) is 4.90 Å². The number of hydrogen-bond acceptors (Lipinski definition) is 3. The van der Waals surface area contributed by atoms with Gasteiger partial charge in [-0.15, -0.1) is 0 Å². The summed E-state index contributed by atoms with van der Waals surface area (Å²) in [4.78, 5) is 7.55. The Kier molecular flexibility index (Phi) is 5.21.